The molecule has 0 fully saturated rings. The van der Waals surface area contributed by atoms with Gasteiger partial charge in [-0.1, -0.05) is 17.7 Å². The second kappa shape index (κ2) is 4.87. The molecule has 0 bridgehead atoms. The van der Waals surface area contributed by atoms with Gasteiger partial charge in [-0.15, -0.1) is 0 Å². The van der Waals surface area contributed by atoms with Crippen molar-refractivity contribution >= 4 is 17.1 Å². The lowest BCUT2D eigenvalue weighted by atomic mass is 10.2. The fourth-order valence-electron chi connectivity index (χ4n) is 1.78. The Balaban J connectivity index is 1.97. The third kappa shape index (κ3) is 2.25. The van der Waals surface area contributed by atoms with Gasteiger partial charge in [-0.05, 0) is 23.8 Å². The minimum Gasteiger partial charge on any atom is -0.437 e. The van der Waals surface area contributed by atoms with Crippen molar-refractivity contribution in [2.45, 2.75) is 6.54 Å². The summed E-state index contributed by atoms with van der Waals surface area (Å²) in [6.45, 7) is 0.398. The number of ether oxygens (including phenoxy) is 1. The summed E-state index contributed by atoms with van der Waals surface area (Å²) in [6, 6.07) is 7.22. The maximum Gasteiger partial charge on any atom is 0.245 e. The molecule has 2 N–H and O–H groups in total. The number of aromatic nitrogens is 3. The normalized spacial score (nSPS) is 10.8. The lowest BCUT2D eigenvalue weighted by Gasteiger charge is -2.08. The first-order valence-electron chi connectivity index (χ1n) is 5.72. The third-order valence-corrected chi connectivity index (χ3v) is 3.10. The fourth-order valence-corrected chi connectivity index (χ4v) is 2.03. The summed E-state index contributed by atoms with van der Waals surface area (Å²) < 4.78 is 7.43. The molecule has 0 saturated carbocycles. The number of fused-ring (bicyclic) bond motifs is 1. The minimum atomic E-state index is 0.398. The third-order valence-electron chi connectivity index (χ3n) is 2.75. The highest BCUT2D eigenvalue weighted by molar-refractivity contribution is 6.31. The number of hydrogen-bond donors (Lipinski definition) is 1. The summed E-state index contributed by atoms with van der Waals surface area (Å²) in [5.41, 5.74) is 7.24. The van der Waals surface area contributed by atoms with E-state index in [4.69, 9.17) is 22.1 Å². The number of hydrogen-bond acceptors (Lipinski definition) is 4. The van der Waals surface area contributed by atoms with E-state index in [9.17, 15) is 0 Å². The van der Waals surface area contributed by atoms with Crippen molar-refractivity contribution in [2.75, 3.05) is 0 Å². The molecular formula is C13H11ClN4O. The summed E-state index contributed by atoms with van der Waals surface area (Å²) in [6.07, 6.45) is 5.08. The van der Waals surface area contributed by atoms with Crippen LogP contribution in [0.1, 0.15) is 5.56 Å². The van der Waals surface area contributed by atoms with Crippen LogP contribution in [0.2, 0.25) is 5.02 Å². The highest BCUT2D eigenvalue weighted by Crippen LogP contribution is 2.27. The van der Waals surface area contributed by atoms with Gasteiger partial charge in [0, 0.05) is 24.0 Å². The SMILES string of the molecule is NCc1ccc(Oc2nccn3nccc23)cc1Cl. The molecule has 2 aromatic heterocycles. The summed E-state index contributed by atoms with van der Waals surface area (Å²) in [5.74, 6) is 1.10. The van der Waals surface area contributed by atoms with Gasteiger partial charge in [0.2, 0.25) is 5.88 Å². The number of nitrogens with two attached hydrogens (primary N) is 1. The van der Waals surface area contributed by atoms with Crippen LogP contribution in [-0.4, -0.2) is 14.6 Å². The van der Waals surface area contributed by atoms with Crippen LogP contribution in [0.25, 0.3) is 5.52 Å². The number of halogens is 1. The summed E-state index contributed by atoms with van der Waals surface area (Å²) in [7, 11) is 0. The zero-order valence-corrected chi connectivity index (χ0v) is 10.7. The lowest BCUT2D eigenvalue weighted by molar-refractivity contribution is 0.465. The van der Waals surface area contributed by atoms with E-state index in [1.807, 2.05) is 18.2 Å². The van der Waals surface area contributed by atoms with Crippen LogP contribution >= 0.6 is 11.6 Å². The quantitative estimate of drug-likeness (QED) is 0.797. The second-order valence-electron chi connectivity index (χ2n) is 3.95. The van der Waals surface area contributed by atoms with Crippen LogP contribution in [0, 0.1) is 0 Å². The fraction of sp³-hybridized carbons (Fsp3) is 0.0769. The zero-order valence-electron chi connectivity index (χ0n) is 9.95. The van der Waals surface area contributed by atoms with Gasteiger partial charge in [-0.3, -0.25) is 0 Å². The Labute approximate surface area is 114 Å². The molecule has 5 nitrogen and oxygen atoms in total. The van der Waals surface area contributed by atoms with Crippen molar-refractivity contribution in [1.29, 1.82) is 0 Å². The van der Waals surface area contributed by atoms with Gasteiger partial charge >= 0.3 is 0 Å². The van der Waals surface area contributed by atoms with E-state index in [-0.39, 0.29) is 0 Å². The molecule has 96 valence electrons. The van der Waals surface area contributed by atoms with E-state index in [2.05, 4.69) is 10.1 Å². The van der Waals surface area contributed by atoms with Gasteiger partial charge in [0.05, 0.1) is 6.20 Å². The van der Waals surface area contributed by atoms with E-state index in [1.54, 1.807) is 29.2 Å². The highest BCUT2D eigenvalue weighted by Gasteiger charge is 2.07. The first-order chi connectivity index (χ1) is 9.28. The van der Waals surface area contributed by atoms with Gasteiger partial charge in [0.25, 0.3) is 0 Å². The molecule has 0 aliphatic carbocycles. The molecule has 19 heavy (non-hydrogen) atoms. The van der Waals surface area contributed by atoms with Crippen LogP contribution in [0.5, 0.6) is 11.6 Å². The summed E-state index contributed by atoms with van der Waals surface area (Å²) in [5, 5.41) is 4.70. The molecule has 0 unspecified atom stereocenters. The standard InChI is InChI=1S/C13H11ClN4O/c14-11-7-10(2-1-9(11)8-15)19-13-12-3-4-17-18(12)6-5-16-13/h1-7H,8,15H2. The number of nitrogens with zero attached hydrogens (tertiary/aromatic N) is 3. The van der Waals surface area contributed by atoms with Crippen molar-refractivity contribution in [3.05, 3.63) is 53.4 Å². The van der Waals surface area contributed by atoms with Gasteiger partial charge < -0.3 is 10.5 Å². The van der Waals surface area contributed by atoms with Crippen molar-refractivity contribution in [3.8, 4) is 11.6 Å². The largest absolute Gasteiger partial charge is 0.437 e. The molecule has 2 heterocycles. The highest BCUT2D eigenvalue weighted by atomic mass is 35.5. The van der Waals surface area contributed by atoms with E-state index in [0.29, 0.717) is 23.2 Å². The van der Waals surface area contributed by atoms with E-state index in [0.717, 1.165) is 11.1 Å². The smallest absolute Gasteiger partial charge is 0.245 e. The molecule has 1 aromatic carbocycles. The van der Waals surface area contributed by atoms with E-state index < -0.39 is 0 Å². The maximum absolute atomic E-state index is 6.09. The van der Waals surface area contributed by atoms with Crippen molar-refractivity contribution in [3.63, 3.8) is 0 Å². The first-order valence-corrected chi connectivity index (χ1v) is 6.10. The van der Waals surface area contributed by atoms with Gasteiger partial charge in [-0.25, -0.2) is 9.50 Å². The molecule has 0 aliphatic rings. The van der Waals surface area contributed by atoms with E-state index >= 15 is 0 Å². The van der Waals surface area contributed by atoms with Gasteiger partial charge in [0.1, 0.15) is 11.3 Å². The Bertz CT molecular complexity index is 725. The number of rotatable bonds is 3. The predicted octanol–water partition coefficient (Wildman–Crippen LogP) is 2.63. The molecule has 0 radical (unpaired) electrons. The Morgan fingerprint density at radius 1 is 1.26 bits per heavy atom. The zero-order chi connectivity index (χ0) is 13.2. The maximum atomic E-state index is 6.09. The van der Waals surface area contributed by atoms with Gasteiger partial charge in [-0.2, -0.15) is 5.10 Å². The monoisotopic (exact) mass is 274 g/mol. The van der Waals surface area contributed by atoms with Gasteiger partial charge in [0.15, 0.2) is 0 Å². The Morgan fingerprint density at radius 3 is 2.95 bits per heavy atom. The van der Waals surface area contributed by atoms with Crippen LogP contribution in [0.15, 0.2) is 42.9 Å². The molecule has 0 atom stereocenters. The molecule has 3 aromatic rings. The minimum absolute atomic E-state index is 0.398. The van der Waals surface area contributed by atoms with Crippen molar-refractivity contribution in [1.82, 2.24) is 14.6 Å². The molecule has 0 saturated heterocycles. The Kier molecular flexibility index (Phi) is 3.06. The van der Waals surface area contributed by atoms with Crippen LogP contribution < -0.4 is 10.5 Å². The van der Waals surface area contributed by atoms with Crippen LogP contribution in [-0.2, 0) is 6.54 Å². The van der Waals surface area contributed by atoms with Crippen molar-refractivity contribution in [2.24, 2.45) is 5.73 Å². The Morgan fingerprint density at radius 2 is 2.16 bits per heavy atom. The molecule has 0 aliphatic heterocycles. The predicted molar refractivity (Wildman–Crippen MR) is 72.4 cm³/mol. The summed E-state index contributed by atoms with van der Waals surface area (Å²) >= 11 is 6.09. The average molecular weight is 275 g/mol. The first kappa shape index (κ1) is 12.0. The molecule has 6 heteroatoms. The van der Waals surface area contributed by atoms with Crippen LogP contribution in [0.4, 0.5) is 0 Å². The lowest BCUT2D eigenvalue weighted by Crippen LogP contribution is -1.98. The topological polar surface area (TPSA) is 65.4 Å². The van der Waals surface area contributed by atoms with E-state index in [1.165, 1.54) is 0 Å². The Hall–Kier alpha value is -2.11. The van der Waals surface area contributed by atoms with Crippen molar-refractivity contribution < 1.29 is 4.74 Å². The molecule has 3 rings (SSSR count). The second-order valence-corrected chi connectivity index (χ2v) is 4.36. The van der Waals surface area contributed by atoms with Crippen LogP contribution in [0.3, 0.4) is 0 Å². The molecular weight excluding hydrogens is 264 g/mol. The average Bonchev–Trinajstić information content (AvgIpc) is 2.88. The molecule has 0 spiro atoms. The number of benzene rings is 1. The molecule has 0 amide bonds. The summed E-state index contributed by atoms with van der Waals surface area (Å²) in [4.78, 5) is 4.20.